The molecule has 0 saturated carbocycles. The average molecular weight is 419 g/mol. The molecular weight excluding hydrogens is 403 g/mol. The van der Waals surface area contributed by atoms with Gasteiger partial charge in [0.05, 0.1) is 29.3 Å². The maximum Gasteiger partial charge on any atom is 0.338 e. The van der Waals surface area contributed by atoms with Crippen LogP contribution >= 0.6 is 23.2 Å². The topological polar surface area (TPSA) is 88.4 Å². The summed E-state index contributed by atoms with van der Waals surface area (Å²) in [7, 11) is 1.43. The molecule has 2 aromatic rings. The van der Waals surface area contributed by atoms with Gasteiger partial charge in [0.2, 0.25) is 0 Å². The van der Waals surface area contributed by atoms with Gasteiger partial charge in [-0.3, -0.25) is 4.79 Å². The van der Waals surface area contributed by atoms with Crippen LogP contribution in [0, 0.1) is 11.3 Å². The lowest BCUT2D eigenvalue weighted by Crippen LogP contribution is -2.13. The number of nitrogens with zero attached hydrogens (tertiary/aromatic N) is 1. The molecule has 0 unspecified atom stereocenters. The molecule has 0 heterocycles. The minimum Gasteiger partial charge on any atom is -0.494 e. The molecule has 8 heteroatoms. The summed E-state index contributed by atoms with van der Waals surface area (Å²) in [5, 5.41) is 12.4. The number of nitrogens with one attached hydrogen (secondary N) is 1. The first-order valence-electron chi connectivity index (χ1n) is 8.13. The summed E-state index contributed by atoms with van der Waals surface area (Å²) in [5.41, 5.74) is 1.11. The Morgan fingerprint density at radius 2 is 1.79 bits per heavy atom. The van der Waals surface area contributed by atoms with Gasteiger partial charge in [-0.05, 0) is 55.0 Å². The summed E-state index contributed by atoms with van der Waals surface area (Å²) in [6.07, 6.45) is 1.36. The molecule has 0 bridgehead atoms. The molecule has 0 radical (unpaired) electrons. The monoisotopic (exact) mass is 418 g/mol. The number of anilines is 1. The first-order valence-corrected chi connectivity index (χ1v) is 8.88. The standard InChI is InChI=1S/C20H16Cl2N2O4/c1-3-28-20(26)13-4-6-15(7-5-13)24-19(25)14(11-23)8-12-9-16(21)18(27-2)17(22)10-12/h4-10H,3H2,1-2H3,(H,24,25)/b14-8+. The van der Waals surface area contributed by atoms with Gasteiger partial charge in [-0.25, -0.2) is 4.79 Å². The van der Waals surface area contributed by atoms with Gasteiger partial charge in [-0.1, -0.05) is 23.2 Å². The zero-order chi connectivity index (χ0) is 20.7. The number of amides is 1. The first kappa shape index (κ1) is 21.3. The summed E-state index contributed by atoms with van der Waals surface area (Å²) in [6.45, 7) is 1.98. The molecule has 0 aliphatic carbocycles. The minimum atomic E-state index is -0.616. The Hall–Kier alpha value is -3.01. The van der Waals surface area contributed by atoms with E-state index in [4.69, 9.17) is 32.7 Å². The van der Waals surface area contributed by atoms with Crippen LogP contribution in [0.25, 0.3) is 6.08 Å². The van der Waals surface area contributed by atoms with Crippen LogP contribution in [-0.4, -0.2) is 25.6 Å². The molecule has 1 N–H and O–H groups in total. The van der Waals surface area contributed by atoms with Crippen molar-refractivity contribution in [2.24, 2.45) is 0 Å². The fourth-order valence-electron chi connectivity index (χ4n) is 2.28. The Kier molecular flexibility index (Phi) is 7.44. The third-order valence-corrected chi connectivity index (χ3v) is 4.12. The van der Waals surface area contributed by atoms with Gasteiger partial charge in [0, 0.05) is 5.69 Å². The van der Waals surface area contributed by atoms with Crippen LogP contribution in [0.3, 0.4) is 0 Å². The molecule has 2 aromatic carbocycles. The van der Waals surface area contributed by atoms with E-state index in [1.165, 1.54) is 37.5 Å². The molecule has 0 aliphatic rings. The van der Waals surface area contributed by atoms with E-state index in [-0.39, 0.29) is 22.2 Å². The van der Waals surface area contributed by atoms with Crippen LogP contribution in [0.4, 0.5) is 5.69 Å². The molecule has 0 aromatic heterocycles. The molecule has 2 rings (SSSR count). The van der Waals surface area contributed by atoms with E-state index in [1.54, 1.807) is 19.1 Å². The summed E-state index contributed by atoms with van der Waals surface area (Å²) >= 11 is 12.1. The van der Waals surface area contributed by atoms with Crippen LogP contribution in [-0.2, 0) is 9.53 Å². The number of esters is 1. The van der Waals surface area contributed by atoms with E-state index in [2.05, 4.69) is 5.32 Å². The highest BCUT2D eigenvalue weighted by Crippen LogP contribution is 2.34. The number of halogens is 2. The number of hydrogen-bond acceptors (Lipinski definition) is 5. The third-order valence-electron chi connectivity index (χ3n) is 3.55. The predicted octanol–water partition coefficient (Wildman–Crippen LogP) is 4.72. The average Bonchev–Trinajstić information content (AvgIpc) is 2.66. The Morgan fingerprint density at radius 3 is 2.29 bits per heavy atom. The lowest BCUT2D eigenvalue weighted by molar-refractivity contribution is -0.112. The number of benzene rings is 2. The molecule has 6 nitrogen and oxygen atoms in total. The Balaban J connectivity index is 2.19. The summed E-state index contributed by atoms with van der Waals surface area (Å²) in [6, 6.07) is 11.0. The molecule has 0 atom stereocenters. The highest BCUT2D eigenvalue weighted by molar-refractivity contribution is 6.37. The van der Waals surface area contributed by atoms with Gasteiger partial charge in [-0.2, -0.15) is 5.26 Å². The Labute approximate surface area is 172 Å². The first-order chi connectivity index (χ1) is 13.4. The highest BCUT2D eigenvalue weighted by Gasteiger charge is 2.13. The lowest BCUT2D eigenvalue weighted by atomic mass is 10.1. The van der Waals surface area contributed by atoms with Crippen molar-refractivity contribution in [1.82, 2.24) is 0 Å². The van der Waals surface area contributed by atoms with Crippen LogP contribution in [0.2, 0.25) is 10.0 Å². The fourth-order valence-corrected chi connectivity index (χ4v) is 2.93. The summed E-state index contributed by atoms with van der Waals surface area (Å²) < 4.78 is 9.97. The quantitative estimate of drug-likeness (QED) is 0.416. The number of nitriles is 1. The van der Waals surface area contributed by atoms with Crippen molar-refractivity contribution in [1.29, 1.82) is 5.26 Å². The van der Waals surface area contributed by atoms with E-state index in [0.29, 0.717) is 22.6 Å². The van der Waals surface area contributed by atoms with E-state index >= 15 is 0 Å². The Bertz CT molecular complexity index is 940. The van der Waals surface area contributed by atoms with E-state index in [9.17, 15) is 14.9 Å². The number of rotatable bonds is 6. The maximum atomic E-state index is 12.4. The van der Waals surface area contributed by atoms with E-state index < -0.39 is 11.9 Å². The number of carbonyl (C=O) groups excluding carboxylic acids is 2. The molecule has 0 saturated heterocycles. The van der Waals surface area contributed by atoms with Gasteiger partial charge in [0.1, 0.15) is 11.6 Å². The zero-order valence-corrected chi connectivity index (χ0v) is 16.6. The molecule has 0 spiro atoms. The summed E-state index contributed by atoms with van der Waals surface area (Å²) in [4.78, 5) is 24.0. The fraction of sp³-hybridized carbons (Fsp3) is 0.150. The largest absolute Gasteiger partial charge is 0.494 e. The number of hydrogen-bond donors (Lipinski definition) is 1. The number of ether oxygens (including phenoxy) is 2. The maximum absolute atomic E-state index is 12.4. The number of methoxy groups -OCH3 is 1. The van der Waals surface area contributed by atoms with Crippen molar-refractivity contribution in [3.8, 4) is 11.8 Å². The van der Waals surface area contributed by atoms with Crippen LogP contribution in [0.1, 0.15) is 22.8 Å². The molecular formula is C20H16Cl2N2O4. The molecule has 0 aliphatic heterocycles. The van der Waals surface area contributed by atoms with Gasteiger partial charge in [-0.15, -0.1) is 0 Å². The normalized spacial score (nSPS) is 10.8. The van der Waals surface area contributed by atoms with E-state index in [1.807, 2.05) is 6.07 Å². The second-order valence-corrected chi connectivity index (χ2v) is 6.25. The smallest absolute Gasteiger partial charge is 0.338 e. The second kappa shape index (κ2) is 9.79. The zero-order valence-electron chi connectivity index (χ0n) is 15.1. The SMILES string of the molecule is CCOC(=O)c1ccc(NC(=O)/C(C#N)=C/c2cc(Cl)c(OC)c(Cl)c2)cc1. The van der Waals surface area contributed by atoms with Crippen molar-refractivity contribution < 1.29 is 19.1 Å². The Morgan fingerprint density at radius 1 is 1.18 bits per heavy atom. The van der Waals surface area contributed by atoms with Crippen molar-refractivity contribution >= 4 is 46.8 Å². The van der Waals surface area contributed by atoms with Crippen molar-refractivity contribution in [2.45, 2.75) is 6.92 Å². The number of carbonyl (C=O) groups is 2. The lowest BCUT2D eigenvalue weighted by Gasteiger charge is -2.08. The third kappa shape index (κ3) is 5.26. The minimum absolute atomic E-state index is 0.147. The van der Waals surface area contributed by atoms with Crippen molar-refractivity contribution in [2.75, 3.05) is 19.0 Å². The second-order valence-electron chi connectivity index (χ2n) is 5.44. The van der Waals surface area contributed by atoms with Crippen LogP contribution in [0.15, 0.2) is 42.0 Å². The van der Waals surface area contributed by atoms with Gasteiger partial charge >= 0.3 is 5.97 Å². The molecule has 28 heavy (non-hydrogen) atoms. The molecule has 1 amide bonds. The highest BCUT2D eigenvalue weighted by atomic mass is 35.5. The predicted molar refractivity (Wildman–Crippen MR) is 108 cm³/mol. The molecule has 144 valence electrons. The van der Waals surface area contributed by atoms with Crippen molar-refractivity contribution in [3.63, 3.8) is 0 Å². The van der Waals surface area contributed by atoms with E-state index in [0.717, 1.165) is 0 Å². The van der Waals surface area contributed by atoms with Gasteiger partial charge < -0.3 is 14.8 Å². The summed E-state index contributed by atoms with van der Waals surface area (Å²) in [5.74, 6) is -0.758. The van der Waals surface area contributed by atoms with Gasteiger partial charge in [0.25, 0.3) is 5.91 Å². The van der Waals surface area contributed by atoms with Crippen LogP contribution in [0.5, 0.6) is 5.75 Å². The molecule has 0 fully saturated rings. The van der Waals surface area contributed by atoms with Crippen LogP contribution < -0.4 is 10.1 Å². The van der Waals surface area contributed by atoms with Crippen molar-refractivity contribution in [3.05, 3.63) is 63.1 Å². The van der Waals surface area contributed by atoms with Gasteiger partial charge in [0.15, 0.2) is 5.75 Å².